The van der Waals surface area contributed by atoms with Crippen molar-refractivity contribution in [1.29, 1.82) is 0 Å². The number of hydrogen-bond donors (Lipinski definition) is 1. The van der Waals surface area contributed by atoms with E-state index in [9.17, 15) is 0 Å². The van der Waals surface area contributed by atoms with Crippen molar-refractivity contribution in [2.45, 2.75) is 26.9 Å². The lowest BCUT2D eigenvalue weighted by atomic mass is 10.1. The van der Waals surface area contributed by atoms with Gasteiger partial charge in [0.2, 0.25) is 0 Å². The summed E-state index contributed by atoms with van der Waals surface area (Å²) in [7, 11) is 4.06. The van der Waals surface area contributed by atoms with E-state index in [2.05, 4.69) is 59.7 Å². The predicted octanol–water partition coefficient (Wildman–Crippen LogP) is 3.12. The largest absolute Gasteiger partial charge is 0.369 e. The quantitative estimate of drug-likeness (QED) is 0.909. The van der Waals surface area contributed by atoms with E-state index in [-0.39, 0.29) is 0 Å². The third-order valence-corrected chi connectivity index (χ3v) is 3.87. The van der Waals surface area contributed by atoms with Crippen molar-refractivity contribution in [2.75, 3.05) is 19.0 Å². The Balaban J connectivity index is 2.08. The van der Waals surface area contributed by atoms with E-state index in [0.717, 1.165) is 23.8 Å². The molecule has 0 bridgehead atoms. The van der Waals surface area contributed by atoms with Crippen molar-refractivity contribution in [3.63, 3.8) is 0 Å². The minimum atomic E-state index is 0.845. The van der Waals surface area contributed by atoms with Crippen LogP contribution in [-0.4, -0.2) is 19.1 Å². The van der Waals surface area contributed by atoms with Crippen LogP contribution in [0.3, 0.4) is 0 Å². The molecule has 2 aromatic rings. The smallest absolute Gasteiger partial charge is 0.107 e. The summed E-state index contributed by atoms with van der Waals surface area (Å²) < 4.78 is 0. The highest BCUT2D eigenvalue weighted by Gasteiger charge is 2.07. The van der Waals surface area contributed by atoms with E-state index in [1.54, 1.807) is 11.3 Å². The van der Waals surface area contributed by atoms with Gasteiger partial charge in [0, 0.05) is 24.7 Å². The second-order valence-corrected chi connectivity index (χ2v) is 5.91. The molecule has 0 aliphatic heterocycles. The summed E-state index contributed by atoms with van der Waals surface area (Å²) in [6.45, 7) is 5.97. The zero-order valence-electron chi connectivity index (χ0n) is 12.0. The summed E-state index contributed by atoms with van der Waals surface area (Å²) in [6.07, 6.45) is 0. The van der Waals surface area contributed by atoms with Crippen molar-refractivity contribution in [1.82, 2.24) is 10.3 Å². The molecule has 1 aromatic carbocycles. The highest BCUT2D eigenvalue weighted by atomic mass is 32.1. The van der Waals surface area contributed by atoms with Gasteiger partial charge in [-0.05, 0) is 44.2 Å². The van der Waals surface area contributed by atoms with Gasteiger partial charge in [-0.3, -0.25) is 0 Å². The number of rotatable bonds is 5. The lowest BCUT2D eigenvalue weighted by Crippen LogP contribution is -2.17. The van der Waals surface area contributed by atoms with E-state index in [4.69, 9.17) is 0 Å². The molecular weight excluding hydrogens is 254 g/mol. The maximum absolute atomic E-state index is 4.62. The molecule has 1 aromatic heterocycles. The fourth-order valence-electron chi connectivity index (χ4n) is 2.16. The van der Waals surface area contributed by atoms with Crippen LogP contribution in [0.2, 0.25) is 0 Å². The maximum Gasteiger partial charge on any atom is 0.107 e. The number of benzene rings is 1. The Bertz CT molecular complexity index is 528. The van der Waals surface area contributed by atoms with Crippen molar-refractivity contribution in [2.24, 2.45) is 0 Å². The summed E-state index contributed by atoms with van der Waals surface area (Å²) in [5.74, 6) is 0. The van der Waals surface area contributed by atoms with Crippen LogP contribution in [0.1, 0.15) is 21.8 Å². The van der Waals surface area contributed by atoms with Crippen LogP contribution in [0, 0.1) is 13.8 Å². The van der Waals surface area contributed by atoms with Gasteiger partial charge in [0.05, 0.1) is 12.2 Å². The van der Waals surface area contributed by atoms with Crippen molar-refractivity contribution < 1.29 is 0 Å². The van der Waals surface area contributed by atoms with Crippen LogP contribution in [0.15, 0.2) is 23.6 Å². The van der Waals surface area contributed by atoms with Crippen molar-refractivity contribution >= 4 is 17.0 Å². The molecule has 0 spiro atoms. The first kappa shape index (κ1) is 14.0. The van der Waals surface area contributed by atoms with Gasteiger partial charge in [-0.25, -0.2) is 4.98 Å². The fourth-order valence-corrected chi connectivity index (χ4v) is 2.96. The summed E-state index contributed by atoms with van der Waals surface area (Å²) in [6, 6.07) is 6.63. The first-order valence-electron chi connectivity index (χ1n) is 6.46. The number of thiazole rings is 1. The lowest BCUT2D eigenvalue weighted by molar-refractivity contribution is 0.797. The van der Waals surface area contributed by atoms with Crippen LogP contribution >= 0.6 is 11.3 Å². The second-order valence-electron chi connectivity index (χ2n) is 4.96. The molecule has 0 aliphatic rings. The lowest BCUT2D eigenvalue weighted by Gasteiger charge is -2.19. The van der Waals surface area contributed by atoms with Gasteiger partial charge in [0.15, 0.2) is 0 Å². The molecule has 0 saturated carbocycles. The highest BCUT2D eigenvalue weighted by molar-refractivity contribution is 7.09. The molecule has 1 N–H and O–H groups in total. The highest BCUT2D eigenvalue weighted by Crippen LogP contribution is 2.20. The van der Waals surface area contributed by atoms with Crippen LogP contribution in [0.4, 0.5) is 5.69 Å². The molecule has 0 radical (unpaired) electrons. The molecule has 4 heteroatoms. The van der Waals surface area contributed by atoms with Gasteiger partial charge in [-0.15, -0.1) is 11.3 Å². The standard InChI is InChI=1S/C15H21N3S/c1-11-5-12(2)7-14(6-11)18(4)9-13-10-19-15(17-13)8-16-3/h5-7,10,16H,8-9H2,1-4H3. The Labute approximate surface area is 119 Å². The van der Waals surface area contributed by atoms with Crippen LogP contribution < -0.4 is 10.2 Å². The van der Waals surface area contributed by atoms with Gasteiger partial charge in [0.1, 0.15) is 5.01 Å². The average molecular weight is 275 g/mol. The van der Waals surface area contributed by atoms with Gasteiger partial charge in [-0.2, -0.15) is 0 Å². The predicted molar refractivity (Wildman–Crippen MR) is 82.9 cm³/mol. The number of hydrogen-bond acceptors (Lipinski definition) is 4. The zero-order valence-corrected chi connectivity index (χ0v) is 12.8. The van der Waals surface area contributed by atoms with E-state index in [1.807, 2.05) is 7.05 Å². The Morgan fingerprint density at radius 1 is 1.21 bits per heavy atom. The summed E-state index contributed by atoms with van der Waals surface area (Å²) in [5, 5.41) is 6.42. The van der Waals surface area contributed by atoms with Crippen molar-refractivity contribution in [3.05, 3.63) is 45.4 Å². The third-order valence-electron chi connectivity index (χ3n) is 2.97. The number of aryl methyl sites for hydroxylation is 2. The second kappa shape index (κ2) is 6.17. The molecule has 102 valence electrons. The normalized spacial score (nSPS) is 10.7. The van der Waals surface area contributed by atoms with Crippen LogP contribution in [0.25, 0.3) is 0 Å². The van der Waals surface area contributed by atoms with Gasteiger partial charge >= 0.3 is 0 Å². The Morgan fingerprint density at radius 3 is 2.53 bits per heavy atom. The zero-order chi connectivity index (χ0) is 13.8. The molecule has 0 saturated heterocycles. The molecule has 0 amide bonds. The molecule has 1 heterocycles. The number of nitrogens with one attached hydrogen (secondary N) is 1. The Morgan fingerprint density at radius 2 is 1.89 bits per heavy atom. The van der Waals surface area contributed by atoms with Gasteiger partial charge in [-0.1, -0.05) is 6.07 Å². The first-order valence-corrected chi connectivity index (χ1v) is 7.34. The fraction of sp³-hybridized carbons (Fsp3) is 0.400. The van der Waals surface area contributed by atoms with Crippen LogP contribution in [-0.2, 0) is 13.1 Å². The molecule has 0 fully saturated rings. The molecule has 3 nitrogen and oxygen atoms in total. The number of nitrogens with zero attached hydrogens (tertiary/aromatic N) is 2. The van der Waals surface area contributed by atoms with Crippen molar-refractivity contribution in [3.8, 4) is 0 Å². The molecule has 19 heavy (non-hydrogen) atoms. The molecular formula is C15H21N3S. The Hall–Kier alpha value is -1.39. The number of aromatic nitrogens is 1. The van der Waals surface area contributed by atoms with Gasteiger partial charge in [0.25, 0.3) is 0 Å². The minimum absolute atomic E-state index is 0.845. The van der Waals surface area contributed by atoms with Gasteiger partial charge < -0.3 is 10.2 Å². The molecule has 2 rings (SSSR count). The van der Waals surface area contributed by atoms with E-state index in [0.29, 0.717) is 0 Å². The van der Waals surface area contributed by atoms with E-state index in [1.165, 1.54) is 16.8 Å². The third kappa shape index (κ3) is 3.78. The Kier molecular flexibility index (Phi) is 4.56. The molecule has 0 atom stereocenters. The first-order chi connectivity index (χ1) is 9.08. The summed E-state index contributed by atoms with van der Waals surface area (Å²) in [4.78, 5) is 6.87. The topological polar surface area (TPSA) is 28.2 Å². The summed E-state index contributed by atoms with van der Waals surface area (Å²) >= 11 is 1.72. The summed E-state index contributed by atoms with van der Waals surface area (Å²) in [5.41, 5.74) is 4.99. The SMILES string of the molecule is CNCc1nc(CN(C)c2cc(C)cc(C)c2)cs1. The number of anilines is 1. The van der Waals surface area contributed by atoms with E-state index < -0.39 is 0 Å². The molecule has 0 unspecified atom stereocenters. The molecule has 0 aliphatic carbocycles. The van der Waals surface area contributed by atoms with E-state index >= 15 is 0 Å². The minimum Gasteiger partial charge on any atom is -0.369 e. The average Bonchev–Trinajstić information content (AvgIpc) is 2.76. The monoisotopic (exact) mass is 275 g/mol. The van der Waals surface area contributed by atoms with Crippen LogP contribution in [0.5, 0.6) is 0 Å². The maximum atomic E-state index is 4.62.